The van der Waals surface area contributed by atoms with Crippen LogP contribution in [0.25, 0.3) is 11.3 Å². The summed E-state index contributed by atoms with van der Waals surface area (Å²) in [5, 5.41) is 10.3. The van der Waals surface area contributed by atoms with Crippen molar-refractivity contribution in [2.45, 2.75) is 63.2 Å². The van der Waals surface area contributed by atoms with Crippen LogP contribution in [0.15, 0.2) is 12.4 Å². The SMILES string of the molecule is NC1CCCCC1Nc1nc(-c2cnn(C3CC3)c2)c2c(c1F)CNC2=O. The fourth-order valence-corrected chi connectivity index (χ4v) is 4.10. The smallest absolute Gasteiger partial charge is 0.254 e. The number of hydrogen-bond acceptors (Lipinski definition) is 5. The lowest BCUT2D eigenvalue weighted by atomic mass is 9.91. The molecule has 142 valence electrons. The van der Waals surface area contributed by atoms with Crippen molar-refractivity contribution < 1.29 is 9.18 Å². The molecule has 0 spiro atoms. The maximum atomic E-state index is 15.1. The summed E-state index contributed by atoms with van der Waals surface area (Å²) in [6.07, 6.45) is 9.82. The van der Waals surface area contributed by atoms with Crippen LogP contribution in [-0.4, -0.2) is 32.8 Å². The van der Waals surface area contributed by atoms with Crippen LogP contribution in [0.5, 0.6) is 0 Å². The Morgan fingerprint density at radius 3 is 2.85 bits per heavy atom. The molecule has 5 rings (SSSR count). The van der Waals surface area contributed by atoms with Crippen molar-refractivity contribution in [3.63, 3.8) is 0 Å². The third-order valence-electron chi connectivity index (χ3n) is 5.83. The van der Waals surface area contributed by atoms with Crippen LogP contribution in [0.2, 0.25) is 0 Å². The Morgan fingerprint density at radius 2 is 2.07 bits per heavy atom. The first-order valence-electron chi connectivity index (χ1n) is 9.69. The van der Waals surface area contributed by atoms with E-state index in [-0.39, 0.29) is 30.4 Å². The van der Waals surface area contributed by atoms with E-state index >= 15 is 4.39 Å². The maximum absolute atomic E-state index is 15.1. The monoisotopic (exact) mass is 370 g/mol. The number of carbonyl (C=O) groups is 1. The molecular weight excluding hydrogens is 347 g/mol. The molecule has 2 unspecified atom stereocenters. The fourth-order valence-electron chi connectivity index (χ4n) is 4.10. The molecule has 2 saturated carbocycles. The predicted molar refractivity (Wildman–Crippen MR) is 98.7 cm³/mol. The van der Waals surface area contributed by atoms with Crippen LogP contribution < -0.4 is 16.4 Å². The van der Waals surface area contributed by atoms with E-state index in [4.69, 9.17) is 5.73 Å². The molecule has 8 heteroatoms. The first-order chi connectivity index (χ1) is 13.1. The van der Waals surface area contributed by atoms with Gasteiger partial charge >= 0.3 is 0 Å². The number of amides is 1. The molecule has 0 aromatic carbocycles. The van der Waals surface area contributed by atoms with E-state index in [1.807, 2.05) is 10.9 Å². The van der Waals surface area contributed by atoms with E-state index in [1.165, 1.54) is 0 Å². The minimum absolute atomic E-state index is 0.00842. The van der Waals surface area contributed by atoms with Crippen molar-refractivity contribution in [1.29, 1.82) is 0 Å². The lowest BCUT2D eigenvalue weighted by molar-refractivity contribution is 0.0966. The summed E-state index contributed by atoms with van der Waals surface area (Å²) in [6, 6.07) is 0.402. The Labute approximate surface area is 156 Å². The highest BCUT2D eigenvalue weighted by molar-refractivity contribution is 6.04. The molecule has 2 atom stereocenters. The van der Waals surface area contributed by atoms with Crippen LogP contribution >= 0.6 is 0 Å². The molecule has 2 aromatic rings. The van der Waals surface area contributed by atoms with E-state index in [0.29, 0.717) is 22.9 Å². The van der Waals surface area contributed by atoms with Crippen LogP contribution in [0.3, 0.4) is 0 Å². The number of pyridine rings is 1. The third-order valence-corrected chi connectivity index (χ3v) is 5.83. The van der Waals surface area contributed by atoms with Crippen LogP contribution in [-0.2, 0) is 6.54 Å². The van der Waals surface area contributed by atoms with Crippen molar-refractivity contribution in [1.82, 2.24) is 20.1 Å². The Balaban J connectivity index is 1.56. The topological polar surface area (TPSA) is 97.9 Å². The van der Waals surface area contributed by atoms with Gasteiger partial charge in [-0.15, -0.1) is 0 Å². The van der Waals surface area contributed by atoms with Gasteiger partial charge in [-0.3, -0.25) is 9.48 Å². The van der Waals surface area contributed by atoms with Crippen molar-refractivity contribution in [3.8, 4) is 11.3 Å². The molecule has 0 bridgehead atoms. The van der Waals surface area contributed by atoms with E-state index in [2.05, 4.69) is 20.7 Å². The van der Waals surface area contributed by atoms with Gasteiger partial charge in [0.2, 0.25) is 0 Å². The molecule has 7 nitrogen and oxygen atoms in total. The molecule has 3 aliphatic rings. The van der Waals surface area contributed by atoms with Crippen molar-refractivity contribution in [2.24, 2.45) is 5.73 Å². The standard InChI is InChI=1S/C19H23FN6O/c20-16-12-8-22-19(27)15(12)17(10-7-23-26(9-10)11-5-6-11)25-18(16)24-14-4-2-1-3-13(14)21/h7,9,11,13-14H,1-6,8,21H2,(H,22,27)(H,24,25). The van der Waals surface area contributed by atoms with Crippen molar-refractivity contribution in [3.05, 3.63) is 29.3 Å². The predicted octanol–water partition coefficient (Wildman–Crippen LogP) is 2.34. The minimum Gasteiger partial charge on any atom is -0.363 e. The van der Waals surface area contributed by atoms with Gasteiger partial charge in [0.1, 0.15) is 0 Å². The van der Waals surface area contributed by atoms with E-state index in [9.17, 15) is 4.79 Å². The second kappa shape index (κ2) is 6.30. The molecule has 2 aliphatic carbocycles. The average Bonchev–Trinajstić information content (AvgIpc) is 3.27. The first-order valence-corrected chi connectivity index (χ1v) is 9.69. The van der Waals surface area contributed by atoms with E-state index < -0.39 is 5.82 Å². The number of nitrogens with one attached hydrogen (secondary N) is 2. The quantitative estimate of drug-likeness (QED) is 0.767. The molecular formula is C19H23FN6O. The Bertz CT molecular complexity index is 906. The zero-order valence-electron chi connectivity index (χ0n) is 15.0. The Hall–Kier alpha value is -2.48. The van der Waals surface area contributed by atoms with Gasteiger partial charge in [0.15, 0.2) is 11.6 Å². The number of hydrogen-bond donors (Lipinski definition) is 3. The highest BCUT2D eigenvalue weighted by atomic mass is 19.1. The number of halogens is 1. The average molecular weight is 370 g/mol. The largest absolute Gasteiger partial charge is 0.363 e. The van der Waals surface area contributed by atoms with Gasteiger partial charge in [-0.05, 0) is 25.7 Å². The summed E-state index contributed by atoms with van der Waals surface area (Å²) < 4.78 is 17.0. The molecule has 4 N–H and O–H groups in total. The summed E-state index contributed by atoms with van der Waals surface area (Å²) in [5.74, 6) is -0.562. The van der Waals surface area contributed by atoms with Crippen molar-refractivity contribution >= 4 is 11.7 Å². The fraction of sp³-hybridized carbons (Fsp3) is 0.526. The minimum atomic E-state index is -0.459. The number of anilines is 1. The zero-order chi connectivity index (χ0) is 18.5. The van der Waals surface area contributed by atoms with Gasteiger partial charge in [-0.1, -0.05) is 12.8 Å². The van der Waals surface area contributed by atoms with Gasteiger partial charge in [0, 0.05) is 36.0 Å². The summed E-state index contributed by atoms with van der Waals surface area (Å²) in [5.41, 5.74) is 8.13. The zero-order valence-corrected chi connectivity index (χ0v) is 15.0. The second-order valence-corrected chi connectivity index (χ2v) is 7.80. The first kappa shape index (κ1) is 16.7. The summed E-state index contributed by atoms with van der Waals surface area (Å²) in [7, 11) is 0. The van der Waals surface area contributed by atoms with Gasteiger partial charge < -0.3 is 16.4 Å². The summed E-state index contributed by atoms with van der Waals surface area (Å²) in [6.45, 7) is 0.178. The van der Waals surface area contributed by atoms with Gasteiger partial charge in [0.25, 0.3) is 5.91 Å². The molecule has 0 saturated heterocycles. The van der Waals surface area contributed by atoms with E-state index in [1.54, 1.807) is 6.20 Å². The molecule has 27 heavy (non-hydrogen) atoms. The normalized spacial score (nSPS) is 24.6. The van der Waals surface area contributed by atoms with E-state index in [0.717, 1.165) is 44.1 Å². The third kappa shape index (κ3) is 2.88. The van der Waals surface area contributed by atoms with Gasteiger partial charge in [-0.25, -0.2) is 9.37 Å². The number of carbonyl (C=O) groups excluding carboxylic acids is 1. The lowest BCUT2D eigenvalue weighted by Crippen LogP contribution is -2.43. The molecule has 2 fully saturated rings. The summed E-state index contributed by atoms with van der Waals surface area (Å²) >= 11 is 0. The molecule has 2 aromatic heterocycles. The molecule has 1 aliphatic heterocycles. The van der Waals surface area contributed by atoms with Gasteiger partial charge in [0.05, 0.1) is 23.5 Å². The van der Waals surface area contributed by atoms with Gasteiger partial charge in [-0.2, -0.15) is 5.10 Å². The number of nitrogens with zero attached hydrogens (tertiary/aromatic N) is 3. The lowest BCUT2D eigenvalue weighted by Gasteiger charge is -2.30. The Kier molecular flexibility index (Phi) is 3.89. The summed E-state index contributed by atoms with van der Waals surface area (Å²) in [4.78, 5) is 16.9. The maximum Gasteiger partial charge on any atom is 0.254 e. The second-order valence-electron chi connectivity index (χ2n) is 7.80. The number of fused-ring (bicyclic) bond motifs is 1. The Morgan fingerprint density at radius 1 is 1.26 bits per heavy atom. The molecule has 3 heterocycles. The van der Waals surface area contributed by atoms with Crippen molar-refractivity contribution in [2.75, 3.05) is 5.32 Å². The highest BCUT2D eigenvalue weighted by Crippen LogP contribution is 2.37. The number of nitrogens with two attached hydrogens (primary N) is 1. The number of aromatic nitrogens is 3. The number of rotatable bonds is 4. The molecule has 0 radical (unpaired) electrons. The van der Waals surface area contributed by atoms with Crippen LogP contribution in [0.4, 0.5) is 10.2 Å². The highest BCUT2D eigenvalue weighted by Gasteiger charge is 2.33. The van der Waals surface area contributed by atoms with Crippen LogP contribution in [0.1, 0.15) is 60.5 Å². The molecule has 1 amide bonds. The van der Waals surface area contributed by atoms with Crippen LogP contribution in [0, 0.1) is 5.82 Å².